The van der Waals surface area contributed by atoms with Gasteiger partial charge in [0.15, 0.2) is 0 Å². The molecule has 1 aliphatic heterocycles. The van der Waals surface area contributed by atoms with E-state index < -0.39 is 17.1 Å². The molecule has 0 fully saturated rings. The van der Waals surface area contributed by atoms with Crippen molar-refractivity contribution in [2.24, 2.45) is 0 Å². The van der Waals surface area contributed by atoms with E-state index in [1.165, 1.54) is 28.7 Å². The van der Waals surface area contributed by atoms with Crippen molar-refractivity contribution in [3.8, 4) is 6.07 Å². The number of thiophene rings is 1. The van der Waals surface area contributed by atoms with Crippen LogP contribution >= 0.6 is 23.1 Å². The molecular formula is C46H39N5O3S2. The first-order valence-electron chi connectivity index (χ1n) is 18.2. The van der Waals surface area contributed by atoms with E-state index in [1.807, 2.05) is 104 Å². The summed E-state index contributed by atoms with van der Waals surface area (Å²) in [7, 11) is 0. The molecule has 0 spiro atoms. The van der Waals surface area contributed by atoms with Crippen LogP contribution in [-0.4, -0.2) is 29.2 Å². The third-order valence-corrected chi connectivity index (χ3v) is 11.8. The molecule has 0 saturated carbocycles. The zero-order valence-corrected chi connectivity index (χ0v) is 32.3. The average molecular weight is 774 g/mol. The maximum absolute atomic E-state index is 14.2. The standard InChI is InChI=1S/C46H39N5O3S2/c1-31-14-11-12-21-35(31)26-40(49-43(52)34-19-9-4-10-20-34)44(53)48-36-22-13-23-37(27-36)55-42(33-17-7-3-8-18-33)45(54)50-46-39(28-47)38-24-25-51(30-41(38)56-46)29-32-15-5-2-6-16-32/h2-23,26-27,42H,24-25,29-30H2,1H3,(H,48,53)(H,49,52)(H,50,54)/b40-26-. The highest BCUT2D eigenvalue weighted by molar-refractivity contribution is 8.00. The lowest BCUT2D eigenvalue weighted by Crippen LogP contribution is -2.30. The Morgan fingerprint density at radius 2 is 1.55 bits per heavy atom. The summed E-state index contributed by atoms with van der Waals surface area (Å²) in [6.07, 6.45) is 2.41. The molecule has 3 N–H and O–H groups in total. The van der Waals surface area contributed by atoms with E-state index in [2.05, 4.69) is 39.1 Å². The smallest absolute Gasteiger partial charge is 0.272 e. The highest BCUT2D eigenvalue weighted by atomic mass is 32.2. The van der Waals surface area contributed by atoms with E-state index in [0.717, 1.165) is 51.5 Å². The summed E-state index contributed by atoms with van der Waals surface area (Å²) in [5.41, 5.74) is 6.33. The molecule has 7 rings (SSSR count). The molecule has 0 radical (unpaired) electrons. The molecule has 6 aromatic rings. The van der Waals surface area contributed by atoms with Crippen molar-refractivity contribution in [2.45, 2.75) is 36.6 Å². The number of thioether (sulfide) groups is 1. The summed E-state index contributed by atoms with van der Waals surface area (Å²) < 4.78 is 0. The van der Waals surface area contributed by atoms with Gasteiger partial charge in [-0.25, -0.2) is 0 Å². The number of anilines is 2. The van der Waals surface area contributed by atoms with Gasteiger partial charge in [0.2, 0.25) is 5.91 Å². The van der Waals surface area contributed by atoms with Crippen LogP contribution in [0.15, 0.2) is 150 Å². The van der Waals surface area contributed by atoms with Crippen molar-refractivity contribution in [3.63, 3.8) is 0 Å². The molecule has 0 saturated heterocycles. The Hall–Kier alpha value is -6.25. The van der Waals surface area contributed by atoms with Gasteiger partial charge >= 0.3 is 0 Å². The monoisotopic (exact) mass is 773 g/mol. The van der Waals surface area contributed by atoms with Crippen LogP contribution in [0, 0.1) is 18.3 Å². The van der Waals surface area contributed by atoms with Crippen molar-refractivity contribution >= 4 is 57.6 Å². The van der Waals surface area contributed by atoms with Gasteiger partial charge in [-0.2, -0.15) is 5.26 Å². The Labute approximate surface area is 334 Å². The Balaban J connectivity index is 1.10. The van der Waals surface area contributed by atoms with Crippen LogP contribution < -0.4 is 16.0 Å². The highest BCUT2D eigenvalue weighted by Gasteiger charge is 2.28. The Morgan fingerprint density at radius 1 is 0.857 bits per heavy atom. The van der Waals surface area contributed by atoms with Gasteiger partial charge in [0.05, 0.1) is 5.56 Å². The number of hydrogen-bond donors (Lipinski definition) is 3. The van der Waals surface area contributed by atoms with E-state index in [9.17, 15) is 19.6 Å². The summed E-state index contributed by atoms with van der Waals surface area (Å²) in [4.78, 5) is 45.4. The molecule has 278 valence electrons. The number of hydrogen-bond acceptors (Lipinski definition) is 7. The number of aryl methyl sites for hydroxylation is 1. The fourth-order valence-corrected chi connectivity index (χ4v) is 8.87. The van der Waals surface area contributed by atoms with Gasteiger partial charge in [-0.05, 0) is 77.6 Å². The first-order valence-corrected chi connectivity index (χ1v) is 19.9. The van der Waals surface area contributed by atoms with E-state index >= 15 is 0 Å². The first kappa shape index (κ1) is 38.0. The number of benzene rings is 5. The van der Waals surface area contributed by atoms with Crippen molar-refractivity contribution in [1.82, 2.24) is 10.2 Å². The summed E-state index contributed by atoms with van der Waals surface area (Å²) in [6, 6.07) is 45.8. The minimum Gasteiger partial charge on any atom is -0.321 e. The van der Waals surface area contributed by atoms with Crippen LogP contribution in [-0.2, 0) is 29.1 Å². The van der Waals surface area contributed by atoms with Crippen LogP contribution in [0.1, 0.15) is 53.9 Å². The van der Waals surface area contributed by atoms with Gasteiger partial charge in [0.1, 0.15) is 22.0 Å². The molecule has 3 amide bonds. The number of rotatable bonds is 12. The van der Waals surface area contributed by atoms with Crippen molar-refractivity contribution in [1.29, 1.82) is 5.26 Å². The fourth-order valence-electron chi connectivity index (χ4n) is 6.55. The maximum Gasteiger partial charge on any atom is 0.272 e. The molecule has 1 atom stereocenters. The highest BCUT2D eigenvalue weighted by Crippen LogP contribution is 2.41. The number of carbonyl (C=O) groups is 3. The largest absolute Gasteiger partial charge is 0.321 e. The van der Waals surface area contributed by atoms with Crippen molar-refractivity contribution < 1.29 is 14.4 Å². The molecular weight excluding hydrogens is 735 g/mol. The third-order valence-electron chi connectivity index (χ3n) is 9.44. The van der Waals surface area contributed by atoms with Crippen LogP contribution in [0.3, 0.4) is 0 Å². The zero-order valence-electron chi connectivity index (χ0n) is 30.7. The lowest BCUT2D eigenvalue weighted by Gasteiger charge is -2.26. The Kier molecular flexibility index (Phi) is 12.2. The fraction of sp³-hybridized carbons (Fsp3) is 0.130. The number of nitrogens with zero attached hydrogens (tertiary/aromatic N) is 2. The van der Waals surface area contributed by atoms with Crippen molar-refractivity contribution in [2.75, 3.05) is 17.2 Å². The number of carbonyl (C=O) groups excluding carboxylic acids is 3. The Morgan fingerprint density at radius 3 is 2.29 bits per heavy atom. The lowest BCUT2D eigenvalue weighted by molar-refractivity contribution is -0.116. The van der Waals surface area contributed by atoms with Gasteiger partial charge in [-0.15, -0.1) is 23.1 Å². The molecule has 1 aromatic heterocycles. The van der Waals surface area contributed by atoms with Crippen LogP contribution in [0.25, 0.3) is 6.08 Å². The van der Waals surface area contributed by atoms with E-state index in [4.69, 9.17) is 0 Å². The number of nitrogens with one attached hydrogen (secondary N) is 3. The van der Waals surface area contributed by atoms with Gasteiger partial charge in [0.25, 0.3) is 11.8 Å². The molecule has 1 aliphatic rings. The summed E-state index contributed by atoms with van der Waals surface area (Å²) in [5, 5.41) is 19.0. The minimum absolute atomic E-state index is 0.0860. The van der Waals surface area contributed by atoms with E-state index in [-0.39, 0.29) is 11.6 Å². The second kappa shape index (κ2) is 17.9. The molecule has 2 heterocycles. The molecule has 10 heteroatoms. The quantitative estimate of drug-likeness (QED) is 0.0844. The Bertz CT molecular complexity index is 2420. The first-order chi connectivity index (χ1) is 27.3. The van der Waals surface area contributed by atoms with Crippen LogP contribution in [0.2, 0.25) is 0 Å². The van der Waals surface area contributed by atoms with Crippen molar-refractivity contribution in [3.05, 3.63) is 189 Å². The summed E-state index contributed by atoms with van der Waals surface area (Å²) in [5.74, 6) is -1.15. The topological polar surface area (TPSA) is 114 Å². The molecule has 0 aliphatic carbocycles. The minimum atomic E-state index is -0.663. The molecule has 5 aromatic carbocycles. The molecule has 8 nitrogen and oxygen atoms in total. The predicted molar refractivity (Wildman–Crippen MR) is 225 cm³/mol. The van der Waals surface area contributed by atoms with Gasteiger partial charge in [0, 0.05) is 40.7 Å². The van der Waals surface area contributed by atoms with Crippen LogP contribution in [0.5, 0.6) is 0 Å². The second-order valence-electron chi connectivity index (χ2n) is 13.4. The SMILES string of the molecule is Cc1ccccc1/C=C(\NC(=O)c1ccccc1)C(=O)Nc1cccc(SC(C(=O)Nc2sc3c(c2C#N)CCN(Cc2ccccc2)C3)c2ccccc2)c1. The van der Waals surface area contributed by atoms with E-state index in [0.29, 0.717) is 28.4 Å². The average Bonchev–Trinajstić information content (AvgIpc) is 3.57. The van der Waals surface area contributed by atoms with Gasteiger partial charge in [-0.1, -0.05) is 109 Å². The number of nitriles is 1. The van der Waals surface area contributed by atoms with Crippen LogP contribution in [0.4, 0.5) is 10.7 Å². The number of fused-ring (bicyclic) bond motifs is 1. The maximum atomic E-state index is 14.2. The third kappa shape index (κ3) is 9.33. The molecule has 56 heavy (non-hydrogen) atoms. The second-order valence-corrected chi connectivity index (χ2v) is 15.7. The predicted octanol–water partition coefficient (Wildman–Crippen LogP) is 9.37. The van der Waals surface area contributed by atoms with Gasteiger partial charge in [-0.3, -0.25) is 19.3 Å². The lowest BCUT2D eigenvalue weighted by atomic mass is 10.0. The molecule has 0 bridgehead atoms. The molecule has 1 unspecified atom stereocenters. The van der Waals surface area contributed by atoms with Gasteiger partial charge < -0.3 is 16.0 Å². The number of amides is 3. The zero-order chi connectivity index (χ0) is 38.9. The summed E-state index contributed by atoms with van der Waals surface area (Å²) >= 11 is 2.82. The normalized spacial score (nSPS) is 13.2. The van der Waals surface area contributed by atoms with E-state index in [1.54, 1.807) is 36.4 Å². The summed E-state index contributed by atoms with van der Waals surface area (Å²) in [6.45, 7) is 4.31.